The smallest absolute Gasteiger partial charge is 0.309 e. The lowest BCUT2D eigenvalue weighted by Gasteiger charge is -2.31. The Bertz CT molecular complexity index is 425. The molecule has 0 bridgehead atoms. The number of benzene rings is 1. The Morgan fingerprint density at radius 3 is 2.44 bits per heavy atom. The molecule has 18 heavy (non-hydrogen) atoms. The molecule has 1 aliphatic carbocycles. The van der Waals surface area contributed by atoms with Crippen molar-refractivity contribution in [1.29, 1.82) is 0 Å². The third kappa shape index (κ3) is 2.65. The Labute approximate surface area is 117 Å². The van der Waals surface area contributed by atoms with Crippen LogP contribution in [-0.4, -0.2) is 13.1 Å². The topological polar surface area (TPSA) is 26.3 Å². The maximum atomic E-state index is 11.9. The second-order valence-corrected chi connectivity index (χ2v) is 5.47. The van der Waals surface area contributed by atoms with Crippen molar-refractivity contribution in [2.45, 2.75) is 31.6 Å². The summed E-state index contributed by atoms with van der Waals surface area (Å²) < 4.78 is 4.90. The van der Waals surface area contributed by atoms with Crippen molar-refractivity contribution in [1.82, 2.24) is 0 Å². The minimum absolute atomic E-state index is 0.0763. The standard InChI is InChI=1S/C14H16Cl2O2/c1-18-14(17)10-6-3-2-5-9(10)13-11(15)7-4-8-12(13)16/h4,7-10H,2-3,5-6H2,1H3. The first-order valence-electron chi connectivity index (χ1n) is 6.17. The third-order valence-electron chi connectivity index (χ3n) is 3.64. The van der Waals surface area contributed by atoms with Gasteiger partial charge in [0.25, 0.3) is 0 Å². The molecule has 2 nitrogen and oxygen atoms in total. The highest BCUT2D eigenvalue weighted by Gasteiger charge is 2.34. The van der Waals surface area contributed by atoms with Crippen LogP contribution in [0.15, 0.2) is 18.2 Å². The zero-order chi connectivity index (χ0) is 13.1. The summed E-state index contributed by atoms with van der Waals surface area (Å²) in [5.41, 5.74) is 0.899. The molecule has 0 aromatic heterocycles. The summed E-state index contributed by atoms with van der Waals surface area (Å²) in [6, 6.07) is 5.47. The van der Waals surface area contributed by atoms with E-state index in [-0.39, 0.29) is 17.8 Å². The zero-order valence-electron chi connectivity index (χ0n) is 10.3. The zero-order valence-corrected chi connectivity index (χ0v) is 11.8. The molecule has 2 atom stereocenters. The summed E-state index contributed by atoms with van der Waals surface area (Å²) in [4.78, 5) is 11.9. The molecule has 0 aliphatic heterocycles. The number of hydrogen-bond donors (Lipinski definition) is 0. The predicted molar refractivity (Wildman–Crippen MR) is 73.2 cm³/mol. The number of hydrogen-bond acceptors (Lipinski definition) is 2. The number of methoxy groups -OCH3 is 1. The van der Waals surface area contributed by atoms with Gasteiger partial charge in [-0.15, -0.1) is 0 Å². The van der Waals surface area contributed by atoms with E-state index in [4.69, 9.17) is 27.9 Å². The first kappa shape index (κ1) is 13.7. The molecule has 2 unspecified atom stereocenters. The molecule has 1 aromatic carbocycles. The lowest BCUT2D eigenvalue weighted by atomic mass is 9.75. The van der Waals surface area contributed by atoms with Crippen molar-refractivity contribution >= 4 is 29.2 Å². The van der Waals surface area contributed by atoms with E-state index in [1.54, 1.807) is 0 Å². The second kappa shape index (κ2) is 5.94. The van der Waals surface area contributed by atoms with Crippen LogP contribution in [0.2, 0.25) is 10.0 Å². The molecule has 1 aromatic rings. The van der Waals surface area contributed by atoms with Crippen LogP contribution >= 0.6 is 23.2 Å². The van der Waals surface area contributed by atoms with Crippen molar-refractivity contribution in [2.75, 3.05) is 7.11 Å². The maximum Gasteiger partial charge on any atom is 0.309 e. The molecule has 0 N–H and O–H groups in total. The molecule has 4 heteroatoms. The van der Waals surface area contributed by atoms with E-state index in [0.717, 1.165) is 31.2 Å². The minimum Gasteiger partial charge on any atom is -0.469 e. The molecule has 0 saturated heterocycles. The molecule has 1 fully saturated rings. The van der Waals surface area contributed by atoms with Crippen LogP contribution in [0.4, 0.5) is 0 Å². The van der Waals surface area contributed by atoms with E-state index < -0.39 is 0 Å². The molecule has 0 radical (unpaired) electrons. The highest BCUT2D eigenvalue weighted by Crippen LogP contribution is 2.43. The first-order chi connectivity index (χ1) is 8.65. The summed E-state index contributed by atoms with van der Waals surface area (Å²) in [6.45, 7) is 0. The number of halogens is 2. The van der Waals surface area contributed by atoms with Gasteiger partial charge in [-0.1, -0.05) is 42.1 Å². The van der Waals surface area contributed by atoms with Crippen molar-refractivity contribution in [3.63, 3.8) is 0 Å². The Morgan fingerprint density at radius 2 is 1.83 bits per heavy atom. The van der Waals surface area contributed by atoms with Gasteiger partial charge in [0.15, 0.2) is 0 Å². The van der Waals surface area contributed by atoms with Crippen molar-refractivity contribution in [3.05, 3.63) is 33.8 Å². The predicted octanol–water partition coefficient (Wildman–Crippen LogP) is 4.44. The first-order valence-corrected chi connectivity index (χ1v) is 6.92. The number of carbonyl (C=O) groups is 1. The van der Waals surface area contributed by atoms with Gasteiger partial charge < -0.3 is 4.74 Å². The summed E-state index contributed by atoms with van der Waals surface area (Å²) in [6.07, 6.45) is 3.93. The van der Waals surface area contributed by atoms with Gasteiger partial charge in [0.05, 0.1) is 13.0 Å². The lowest BCUT2D eigenvalue weighted by Crippen LogP contribution is -2.27. The number of ether oxygens (including phenoxy) is 1. The SMILES string of the molecule is COC(=O)C1CCCCC1c1c(Cl)cccc1Cl. The van der Waals surface area contributed by atoms with Crippen molar-refractivity contribution < 1.29 is 9.53 Å². The third-order valence-corrected chi connectivity index (χ3v) is 4.30. The van der Waals surface area contributed by atoms with E-state index in [0.29, 0.717) is 10.0 Å². The van der Waals surface area contributed by atoms with Gasteiger partial charge in [-0.25, -0.2) is 0 Å². The van der Waals surface area contributed by atoms with Crippen LogP contribution in [0.5, 0.6) is 0 Å². The number of esters is 1. The van der Waals surface area contributed by atoms with Crippen molar-refractivity contribution in [2.24, 2.45) is 5.92 Å². The van der Waals surface area contributed by atoms with E-state index in [1.165, 1.54) is 7.11 Å². The molecular weight excluding hydrogens is 271 g/mol. The van der Waals surface area contributed by atoms with Crippen LogP contribution in [-0.2, 0) is 9.53 Å². The lowest BCUT2D eigenvalue weighted by molar-refractivity contribution is -0.147. The molecular formula is C14H16Cl2O2. The average Bonchev–Trinajstić information content (AvgIpc) is 2.38. The molecule has 1 aliphatic rings. The van der Waals surface area contributed by atoms with Crippen LogP contribution in [0, 0.1) is 5.92 Å². The quantitative estimate of drug-likeness (QED) is 0.752. The summed E-state index contributed by atoms with van der Waals surface area (Å²) in [5, 5.41) is 1.28. The Morgan fingerprint density at radius 1 is 1.22 bits per heavy atom. The van der Waals surface area contributed by atoms with Gasteiger partial charge in [0.1, 0.15) is 0 Å². The fraction of sp³-hybridized carbons (Fsp3) is 0.500. The highest BCUT2D eigenvalue weighted by molar-refractivity contribution is 6.36. The fourth-order valence-electron chi connectivity index (χ4n) is 2.77. The van der Waals surface area contributed by atoms with Crippen molar-refractivity contribution in [3.8, 4) is 0 Å². The maximum absolute atomic E-state index is 11.9. The van der Waals surface area contributed by atoms with Crippen LogP contribution < -0.4 is 0 Å². The Kier molecular flexibility index (Phi) is 4.52. The molecule has 1 saturated carbocycles. The highest BCUT2D eigenvalue weighted by atomic mass is 35.5. The monoisotopic (exact) mass is 286 g/mol. The molecule has 0 amide bonds. The summed E-state index contributed by atoms with van der Waals surface area (Å²) in [5.74, 6) is -0.204. The van der Waals surface area contributed by atoms with E-state index in [1.807, 2.05) is 18.2 Å². The fourth-order valence-corrected chi connectivity index (χ4v) is 3.45. The van der Waals surface area contributed by atoms with Crippen LogP contribution in [0.25, 0.3) is 0 Å². The Hall–Kier alpha value is -0.730. The molecule has 2 rings (SSSR count). The van der Waals surface area contributed by atoms with Gasteiger partial charge >= 0.3 is 5.97 Å². The van der Waals surface area contributed by atoms with E-state index in [2.05, 4.69) is 0 Å². The van der Waals surface area contributed by atoms with Gasteiger partial charge in [-0.05, 0) is 30.5 Å². The number of carbonyl (C=O) groups excluding carboxylic acids is 1. The van der Waals surface area contributed by atoms with Gasteiger partial charge in [0.2, 0.25) is 0 Å². The second-order valence-electron chi connectivity index (χ2n) is 4.66. The van der Waals surface area contributed by atoms with Gasteiger partial charge in [-0.2, -0.15) is 0 Å². The van der Waals surface area contributed by atoms with E-state index in [9.17, 15) is 4.79 Å². The van der Waals surface area contributed by atoms with Gasteiger partial charge in [-0.3, -0.25) is 4.79 Å². The average molecular weight is 287 g/mol. The Balaban J connectivity index is 2.37. The van der Waals surface area contributed by atoms with Crippen LogP contribution in [0.1, 0.15) is 37.2 Å². The normalized spacial score (nSPS) is 23.7. The molecule has 0 spiro atoms. The minimum atomic E-state index is -0.157. The number of rotatable bonds is 2. The van der Waals surface area contributed by atoms with Crippen LogP contribution in [0.3, 0.4) is 0 Å². The summed E-state index contributed by atoms with van der Waals surface area (Å²) in [7, 11) is 1.43. The van der Waals surface area contributed by atoms with E-state index >= 15 is 0 Å². The molecule has 98 valence electrons. The van der Waals surface area contributed by atoms with Gasteiger partial charge in [0, 0.05) is 16.0 Å². The summed E-state index contributed by atoms with van der Waals surface area (Å²) >= 11 is 12.5. The molecule has 0 heterocycles. The largest absolute Gasteiger partial charge is 0.469 e.